The number of sulfone groups is 1. The summed E-state index contributed by atoms with van der Waals surface area (Å²) in [6.07, 6.45) is 0.999. The molecule has 0 aliphatic heterocycles. The Bertz CT molecular complexity index is 1140. The highest BCUT2D eigenvalue weighted by molar-refractivity contribution is 7.90. The second-order valence-electron chi connectivity index (χ2n) is 6.08. The molecule has 3 aromatic rings. The number of esters is 1. The molecule has 0 aliphatic carbocycles. The zero-order valence-corrected chi connectivity index (χ0v) is 16.5. The molecule has 9 heteroatoms. The molecule has 0 bridgehead atoms. The number of carbonyl (C=O) groups is 1. The molecule has 0 fully saturated rings. The molecule has 146 valence electrons. The van der Waals surface area contributed by atoms with Crippen molar-refractivity contribution in [1.82, 2.24) is 5.16 Å². The van der Waals surface area contributed by atoms with Crippen LogP contribution in [-0.4, -0.2) is 25.8 Å². The monoisotopic (exact) mass is 423 g/mol. The number of ether oxygens (including phenoxy) is 1. The van der Waals surface area contributed by atoms with Gasteiger partial charge in [0, 0.05) is 17.4 Å². The van der Waals surface area contributed by atoms with E-state index in [2.05, 4.69) is 5.16 Å². The maximum atomic E-state index is 13.1. The molecule has 0 radical (unpaired) electrons. The van der Waals surface area contributed by atoms with Crippen LogP contribution in [0.1, 0.15) is 21.6 Å². The molecule has 0 N–H and O–H groups in total. The molecule has 0 unspecified atom stereocenters. The van der Waals surface area contributed by atoms with Gasteiger partial charge in [-0.25, -0.2) is 17.6 Å². The maximum absolute atomic E-state index is 13.1. The number of rotatable bonds is 5. The molecule has 1 heterocycles. The summed E-state index contributed by atoms with van der Waals surface area (Å²) in [7, 11) is -3.59. The Hall–Kier alpha value is -2.71. The maximum Gasteiger partial charge on any atom is 0.338 e. The van der Waals surface area contributed by atoms with Crippen LogP contribution in [0.25, 0.3) is 11.3 Å². The van der Waals surface area contributed by atoms with Crippen molar-refractivity contribution in [3.63, 3.8) is 0 Å². The standard InChI is InChI=1S/C19H15ClFNO5S/c1-11-16(22-27-18(11)12-3-6-14(21)7-4-12)10-26-19(23)13-5-8-15(20)17(9-13)28(2,24)25/h3-9H,10H2,1-2H3. The highest BCUT2D eigenvalue weighted by Crippen LogP contribution is 2.27. The Morgan fingerprint density at radius 2 is 1.89 bits per heavy atom. The fourth-order valence-corrected chi connectivity index (χ4v) is 3.81. The van der Waals surface area contributed by atoms with E-state index in [9.17, 15) is 17.6 Å². The lowest BCUT2D eigenvalue weighted by molar-refractivity contribution is 0.0463. The van der Waals surface area contributed by atoms with Gasteiger partial charge in [0.25, 0.3) is 0 Å². The average molecular weight is 424 g/mol. The minimum atomic E-state index is -3.59. The summed E-state index contributed by atoms with van der Waals surface area (Å²) in [5.74, 6) is -0.657. The number of aromatic nitrogens is 1. The van der Waals surface area contributed by atoms with Crippen molar-refractivity contribution in [2.24, 2.45) is 0 Å². The lowest BCUT2D eigenvalue weighted by atomic mass is 10.1. The highest BCUT2D eigenvalue weighted by atomic mass is 35.5. The third-order valence-electron chi connectivity index (χ3n) is 4.03. The molecular formula is C19H15ClFNO5S. The topological polar surface area (TPSA) is 86.5 Å². The van der Waals surface area contributed by atoms with Crippen LogP contribution in [-0.2, 0) is 21.2 Å². The summed E-state index contributed by atoms with van der Waals surface area (Å²) in [6.45, 7) is 1.56. The fourth-order valence-electron chi connectivity index (χ4n) is 2.51. The molecular weight excluding hydrogens is 409 g/mol. The van der Waals surface area contributed by atoms with Gasteiger partial charge in [-0.3, -0.25) is 0 Å². The van der Waals surface area contributed by atoms with Crippen molar-refractivity contribution in [2.75, 3.05) is 6.26 Å². The van der Waals surface area contributed by atoms with E-state index in [0.717, 1.165) is 6.26 Å². The number of hydrogen-bond acceptors (Lipinski definition) is 6. The second kappa shape index (κ2) is 7.73. The number of halogens is 2. The normalized spacial score (nSPS) is 11.4. The van der Waals surface area contributed by atoms with Crippen LogP contribution in [0.4, 0.5) is 4.39 Å². The van der Waals surface area contributed by atoms with Gasteiger partial charge in [0.2, 0.25) is 0 Å². The lowest BCUT2D eigenvalue weighted by Crippen LogP contribution is -2.08. The zero-order chi connectivity index (χ0) is 20.5. The minimum Gasteiger partial charge on any atom is -0.455 e. The molecule has 0 aliphatic rings. The molecule has 0 amide bonds. The molecule has 6 nitrogen and oxygen atoms in total. The molecule has 0 saturated carbocycles. The second-order valence-corrected chi connectivity index (χ2v) is 8.48. The summed E-state index contributed by atoms with van der Waals surface area (Å²) < 4.78 is 47.0. The Kier molecular flexibility index (Phi) is 5.53. The van der Waals surface area contributed by atoms with Gasteiger partial charge in [-0.2, -0.15) is 0 Å². The summed E-state index contributed by atoms with van der Waals surface area (Å²) >= 11 is 5.87. The molecule has 28 heavy (non-hydrogen) atoms. The first-order chi connectivity index (χ1) is 13.2. The number of benzene rings is 2. The first-order valence-corrected chi connectivity index (χ1v) is 10.3. The van der Waals surface area contributed by atoms with Gasteiger partial charge < -0.3 is 9.26 Å². The van der Waals surface area contributed by atoms with E-state index in [-0.39, 0.29) is 27.9 Å². The third kappa shape index (κ3) is 4.23. The van der Waals surface area contributed by atoms with E-state index < -0.39 is 15.8 Å². The summed E-state index contributed by atoms with van der Waals surface area (Å²) in [5, 5.41) is 3.91. The van der Waals surface area contributed by atoms with Crippen molar-refractivity contribution in [1.29, 1.82) is 0 Å². The van der Waals surface area contributed by atoms with Crippen molar-refractivity contribution >= 4 is 27.4 Å². The Balaban J connectivity index is 1.76. The summed E-state index contributed by atoms with van der Waals surface area (Å²) in [4.78, 5) is 12.1. The predicted molar refractivity (Wildman–Crippen MR) is 100 cm³/mol. The molecule has 0 atom stereocenters. The summed E-state index contributed by atoms with van der Waals surface area (Å²) in [5.41, 5.74) is 1.72. The van der Waals surface area contributed by atoms with Crippen LogP contribution in [0.15, 0.2) is 51.9 Å². The van der Waals surface area contributed by atoms with E-state index in [4.69, 9.17) is 20.9 Å². The molecule has 1 aromatic heterocycles. The van der Waals surface area contributed by atoms with Crippen molar-refractivity contribution in [2.45, 2.75) is 18.4 Å². The molecule has 3 rings (SSSR count). The molecule has 2 aromatic carbocycles. The Morgan fingerprint density at radius 3 is 2.54 bits per heavy atom. The van der Waals surface area contributed by atoms with E-state index >= 15 is 0 Å². The first-order valence-electron chi connectivity index (χ1n) is 8.04. The van der Waals surface area contributed by atoms with Gasteiger partial charge in [-0.1, -0.05) is 16.8 Å². The van der Waals surface area contributed by atoms with Gasteiger partial charge in [0.05, 0.1) is 15.5 Å². The van der Waals surface area contributed by atoms with Crippen LogP contribution in [0.2, 0.25) is 5.02 Å². The van der Waals surface area contributed by atoms with E-state index in [0.29, 0.717) is 22.6 Å². The minimum absolute atomic E-state index is 0.0235. The largest absolute Gasteiger partial charge is 0.455 e. The van der Waals surface area contributed by atoms with Gasteiger partial charge >= 0.3 is 5.97 Å². The van der Waals surface area contributed by atoms with Crippen molar-refractivity contribution in [3.8, 4) is 11.3 Å². The van der Waals surface area contributed by atoms with Crippen LogP contribution in [0, 0.1) is 12.7 Å². The van der Waals surface area contributed by atoms with Gasteiger partial charge in [-0.15, -0.1) is 0 Å². The number of nitrogens with zero attached hydrogens (tertiary/aromatic N) is 1. The van der Waals surface area contributed by atoms with Crippen LogP contribution in [0.5, 0.6) is 0 Å². The van der Waals surface area contributed by atoms with Gasteiger partial charge in [0.15, 0.2) is 15.6 Å². The van der Waals surface area contributed by atoms with E-state index in [1.54, 1.807) is 19.1 Å². The quantitative estimate of drug-likeness (QED) is 0.571. The van der Waals surface area contributed by atoms with Crippen LogP contribution >= 0.6 is 11.6 Å². The highest BCUT2D eigenvalue weighted by Gasteiger charge is 2.19. The Morgan fingerprint density at radius 1 is 1.21 bits per heavy atom. The number of carbonyl (C=O) groups excluding carboxylic acids is 1. The van der Waals surface area contributed by atoms with Crippen LogP contribution in [0.3, 0.4) is 0 Å². The number of hydrogen-bond donors (Lipinski definition) is 0. The van der Waals surface area contributed by atoms with Gasteiger partial charge in [0.1, 0.15) is 18.1 Å². The van der Waals surface area contributed by atoms with Gasteiger partial charge in [-0.05, 0) is 49.4 Å². The fraction of sp³-hybridized carbons (Fsp3) is 0.158. The molecule has 0 spiro atoms. The SMILES string of the molecule is Cc1c(COC(=O)c2ccc(Cl)c(S(C)(=O)=O)c2)noc1-c1ccc(F)cc1. The first kappa shape index (κ1) is 20.0. The zero-order valence-electron chi connectivity index (χ0n) is 14.9. The summed E-state index contributed by atoms with van der Waals surface area (Å²) in [6, 6.07) is 9.58. The molecule has 0 saturated heterocycles. The van der Waals surface area contributed by atoms with Crippen molar-refractivity contribution < 1.29 is 26.9 Å². The lowest BCUT2D eigenvalue weighted by Gasteiger charge is -2.06. The van der Waals surface area contributed by atoms with E-state index in [1.165, 1.54) is 30.3 Å². The van der Waals surface area contributed by atoms with Crippen LogP contribution < -0.4 is 0 Å². The third-order valence-corrected chi connectivity index (χ3v) is 5.61. The predicted octanol–water partition coefficient (Wildman–Crippen LogP) is 4.20. The average Bonchev–Trinajstić information content (AvgIpc) is 3.00. The van der Waals surface area contributed by atoms with Crippen molar-refractivity contribution in [3.05, 3.63) is 70.1 Å². The smallest absolute Gasteiger partial charge is 0.338 e. The van der Waals surface area contributed by atoms with E-state index in [1.807, 2.05) is 0 Å². The Labute approximate surface area is 165 Å².